The van der Waals surface area contributed by atoms with Crippen molar-refractivity contribution in [1.82, 2.24) is 4.98 Å². The maximum atomic E-state index is 5.00. The summed E-state index contributed by atoms with van der Waals surface area (Å²) in [5, 5.41) is 3.40. The molecule has 0 saturated heterocycles. The van der Waals surface area contributed by atoms with E-state index in [4.69, 9.17) is 4.98 Å². The van der Waals surface area contributed by atoms with Gasteiger partial charge in [-0.25, -0.2) is 4.98 Å². The van der Waals surface area contributed by atoms with Crippen LogP contribution in [0.2, 0.25) is 0 Å². The molecule has 1 aromatic heterocycles. The summed E-state index contributed by atoms with van der Waals surface area (Å²) < 4.78 is 0. The molecule has 1 aliphatic rings. The fourth-order valence-electron chi connectivity index (χ4n) is 4.13. The maximum absolute atomic E-state index is 5.00. The average Bonchev–Trinajstić information content (AvgIpc) is 3.09. The molecule has 1 heterocycles. The summed E-state index contributed by atoms with van der Waals surface area (Å²) in [6, 6.07) is 7.06. The van der Waals surface area contributed by atoms with E-state index in [1.807, 2.05) is 0 Å². The van der Waals surface area contributed by atoms with Gasteiger partial charge in [0.1, 0.15) is 0 Å². The van der Waals surface area contributed by atoms with E-state index in [-0.39, 0.29) is 10.8 Å². The molecule has 2 aromatic rings. The third-order valence-electron chi connectivity index (χ3n) is 5.90. The van der Waals surface area contributed by atoms with Crippen molar-refractivity contribution in [3.63, 3.8) is 0 Å². The first-order valence-corrected chi connectivity index (χ1v) is 11.0. The van der Waals surface area contributed by atoms with E-state index in [1.165, 1.54) is 34.7 Å². The van der Waals surface area contributed by atoms with Crippen molar-refractivity contribution in [1.29, 1.82) is 0 Å². The molecule has 0 fully saturated rings. The van der Waals surface area contributed by atoms with Gasteiger partial charge in [-0.15, -0.1) is 11.3 Å². The number of benzene rings is 1. The molecule has 2 nitrogen and oxygen atoms in total. The van der Waals surface area contributed by atoms with Crippen molar-refractivity contribution in [3.8, 4) is 11.3 Å². The van der Waals surface area contributed by atoms with Crippen LogP contribution in [0.1, 0.15) is 78.4 Å². The van der Waals surface area contributed by atoms with E-state index in [1.54, 1.807) is 11.3 Å². The van der Waals surface area contributed by atoms with Crippen molar-refractivity contribution < 1.29 is 0 Å². The molecule has 0 radical (unpaired) electrons. The summed E-state index contributed by atoms with van der Waals surface area (Å²) in [5.74, 6) is 0. The normalized spacial score (nSPS) is 17.8. The molecule has 0 atom stereocenters. The predicted octanol–water partition coefficient (Wildman–Crippen LogP) is 6.79. The number of nitrogens with zero attached hydrogens (tertiary/aromatic N) is 2. The quantitative estimate of drug-likeness (QED) is 0.557. The van der Waals surface area contributed by atoms with Crippen LogP contribution in [0.4, 0.5) is 5.13 Å². The van der Waals surface area contributed by atoms with E-state index in [0.717, 1.165) is 31.6 Å². The third kappa shape index (κ3) is 3.69. The number of anilines is 1. The Morgan fingerprint density at radius 3 is 2.19 bits per heavy atom. The SMILES string of the molecule is CCCN(CCC)c1nc(-c2ccc3c(c2)C(C)(C)CCC3(C)C)cs1. The van der Waals surface area contributed by atoms with Crippen LogP contribution in [0, 0.1) is 0 Å². The van der Waals surface area contributed by atoms with Crippen LogP contribution in [0.5, 0.6) is 0 Å². The topological polar surface area (TPSA) is 16.1 Å². The Kier molecular flexibility index (Phi) is 5.48. The first-order valence-electron chi connectivity index (χ1n) is 10.1. The van der Waals surface area contributed by atoms with Gasteiger partial charge in [-0.05, 0) is 53.7 Å². The first-order chi connectivity index (χ1) is 12.3. The van der Waals surface area contributed by atoms with Gasteiger partial charge in [0.2, 0.25) is 0 Å². The smallest absolute Gasteiger partial charge is 0.185 e. The lowest BCUT2D eigenvalue weighted by molar-refractivity contribution is 0.332. The molecule has 1 aromatic carbocycles. The standard InChI is InChI=1S/C23H34N2S/c1-7-13-25(14-8-2)21-24-20(16-26-21)17-9-10-18-19(15-17)23(5,6)12-11-22(18,3)4/h9-10,15-16H,7-8,11-14H2,1-6H3. The Hall–Kier alpha value is -1.35. The Bertz CT molecular complexity index is 751. The van der Waals surface area contributed by atoms with Crippen molar-refractivity contribution in [2.24, 2.45) is 0 Å². The predicted molar refractivity (Wildman–Crippen MR) is 116 cm³/mol. The lowest BCUT2D eigenvalue weighted by atomic mass is 9.63. The summed E-state index contributed by atoms with van der Waals surface area (Å²) in [7, 11) is 0. The second-order valence-corrected chi connectivity index (χ2v) is 9.87. The van der Waals surface area contributed by atoms with Crippen LogP contribution >= 0.6 is 11.3 Å². The highest BCUT2D eigenvalue weighted by atomic mass is 32.1. The molecule has 3 heteroatoms. The monoisotopic (exact) mass is 370 g/mol. The number of fused-ring (bicyclic) bond motifs is 1. The number of thiazole rings is 1. The van der Waals surface area contributed by atoms with Gasteiger partial charge in [-0.2, -0.15) is 0 Å². The number of aromatic nitrogens is 1. The molecule has 0 aliphatic heterocycles. The summed E-state index contributed by atoms with van der Waals surface area (Å²) in [5.41, 5.74) is 5.95. The van der Waals surface area contributed by atoms with Crippen LogP contribution in [0.25, 0.3) is 11.3 Å². The van der Waals surface area contributed by atoms with E-state index in [9.17, 15) is 0 Å². The van der Waals surface area contributed by atoms with Crippen molar-refractivity contribution in [3.05, 3.63) is 34.7 Å². The van der Waals surface area contributed by atoms with Gasteiger partial charge >= 0.3 is 0 Å². The summed E-state index contributed by atoms with van der Waals surface area (Å²) >= 11 is 1.78. The van der Waals surface area contributed by atoms with Crippen LogP contribution in [-0.2, 0) is 10.8 Å². The Labute approximate surface area is 163 Å². The molecular formula is C23H34N2S. The zero-order chi connectivity index (χ0) is 18.9. The van der Waals surface area contributed by atoms with Crippen LogP contribution in [0.15, 0.2) is 23.6 Å². The molecule has 142 valence electrons. The number of hydrogen-bond donors (Lipinski definition) is 0. The van der Waals surface area contributed by atoms with Gasteiger partial charge < -0.3 is 4.90 Å². The van der Waals surface area contributed by atoms with E-state index >= 15 is 0 Å². The molecule has 3 rings (SSSR count). The Morgan fingerprint density at radius 1 is 0.962 bits per heavy atom. The lowest BCUT2D eigenvalue weighted by Crippen LogP contribution is -2.33. The molecule has 26 heavy (non-hydrogen) atoms. The summed E-state index contributed by atoms with van der Waals surface area (Å²) in [4.78, 5) is 7.43. The molecule has 0 unspecified atom stereocenters. The van der Waals surface area contributed by atoms with Gasteiger partial charge in [0, 0.05) is 24.0 Å². The van der Waals surface area contributed by atoms with Crippen molar-refractivity contribution in [2.45, 2.75) is 78.1 Å². The fraction of sp³-hybridized carbons (Fsp3) is 0.609. The van der Waals surface area contributed by atoms with Crippen molar-refractivity contribution >= 4 is 16.5 Å². The summed E-state index contributed by atoms with van der Waals surface area (Å²) in [6.45, 7) is 16.2. The highest BCUT2D eigenvalue weighted by Gasteiger charge is 2.37. The highest BCUT2D eigenvalue weighted by Crippen LogP contribution is 2.46. The minimum Gasteiger partial charge on any atom is -0.348 e. The molecule has 0 bridgehead atoms. The van der Waals surface area contributed by atoms with Gasteiger partial charge in [-0.1, -0.05) is 53.7 Å². The van der Waals surface area contributed by atoms with Crippen LogP contribution < -0.4 is 4.90 Å². The lowest BCUT2D eigenvalue weighted by Gasteiger charge is -2.42. The first kappa shape index (κ1) is 19.4. The Balaban J connectivity index is 1.96. The molecule has 0 spiro atoms. The van der Waals surface area contributed by atoms with E-state index < -0.39 is 0 Å². The largest absolute Gasteiger partial charge is 0.348 e. The fourth-order valence-corrected chi connectivity index (χ4v) is 5.02. The third-order valence-corrected chi connectivity index (χ3v) is 6.80. The van der Waals surface area contributed by atoms with Gasteiger partial charge in [-0.3, -0.25) is 0 Å². The van der Waals surface area contributed by atoms with Gasteiger partial charge in [0.25, 0.3) is 0 Å². The zero-order valence-electron chi connectivity index (χ0n) is 17.4. The van der Waals surface area contributed by atoms with E-state index in [2.05, 4.69) is 70.0 Å². The maximum Gasteiger partial charge on any atom is 0.185 e. The zero-order valence-corrected chi connectivity index (χ0v) is 18.2. The molecule has 0 amide bonds. The minimum atomic E-state index is 0.246. The molecular weight excluding hydrogens is 336 g/mol. The highest BCUT2D eigenvalue weighted by molar-refractivity contribution is 7.14. The minimum absolute atomic E-state index is 0.246. The van der Waals surface area contributed by atoms with Crippen LogP contribution in [0.3, 0.4) is 0 Å². The van der Waals surface area contributed by atoms with Gasteiger partial charge in [0.05, 0.1) is 5.69 Å². The molecule has 0 N–H and O–H groups in total. The number of hydrogen-bond acceptors (Lipinski definition) is 3. The Morgan fingerprint density at radius 2 is 1.58 bits per heavy atom. The van der Waals surface area contributed by atoms with Gasteiger partial charge in [0.15, 0.2) is 5.13 Å². The second kappa shape index (κ2) is 7.34. The second-order valence-electron chi connectivity index (χ2n) is 9.03. The van der Waals surface area contributed by atoms with Crippen LogP contribution in [-0.4, -0.2) is 18.1 Å². The summed E-state index contributed by atoms with van der Waals surface area (Å²) in [6.07, 6.45) is 4.84. The number of rotatable bonds is 6. The molecule has 0 saturated carbocycles. The van der Waals surface area contributed by atoms with E-state index in [0.29, 0.717) is 0 Å². The van der Waals surface area contributed by atoms with Crippen molar-refractivity contribution in [2.75, 3.05) is 18.0 Å². The molecule has 1 aliphatic carbocycles. The average molecular weight is 371 g/mol.